The van der Waals surface area contributed by atoms with Crippen LogP contribution in [-0.2, 0) is 31.4 Å². The maximum atomic E-state index is 13.1. The molecule has 4 rings (SSSR count). The quantitative estimate of drug-likeness (QED) is 0.306. The van der Waals surface area contributed by atoms with Crippen LogP contribution in [0.5, 0.6) is 11.5 Å². The number of hydrogen-bond donors (Lipinski definition) is 0. The maximum absolute atomic E-state index is 13.1. The Hall–Kier alpha value is -2.45. The first-order valence-corrected chi connectivity index (χ1v) is 13.6. The number of aryl methyl sites for hydroxylation is 1. The molecular weight excluding hydrogens is 464 g/mol. The molecule has 0 bridgehead atoms. The summed E-state index contributed by atoms with van der Waals surface area (Å²) < 4.78 is 41.8. The second kappa shape index (κ2) is 13.6. The van der Waals surface area contributed by atoms with Gasteiger partial charge in [-0.15, -0.1) is 0 Å². The lowest BCUT2D eigenvalue weighted by Gasteiger charge is -2.27. The number of hydrogen-bond acceptors (Lipinski definition) is 6. The van der Waals surface area contributed by atoms with E-state index in [0.29, 0.717) is 31.1 Å². The summed E-state index contributed by atoms with van der Waals surface area (Å²) in [5.41, 5.74) is 1.15. The van der Waals surface area contributed by atoms with Crippen LogP contribution in [0.15, 0.2) is 66.7 Å². The van der Waals surface area contributed by atoms with Crippen molar-refractivity contribution in [2.75, 3.05) is 38.6 Å². The smallest absolute Gasteiger partial charge is 0.188 e. The minimum absolute atomic E-state index is 0.199. The average Bonchev–Trinajstić information content (AvgIpc) is 2.90. The highest BCUT2D eigenvalue weighted by Gasteiger charge is 2.22. The standard InChI is InChI=1S/C28H34O6S/c1-30-21-33-27-14-8-12-25-22(9-7-13-26(25)27)16-18-35(29)20-24(34-28-15-5-6-17-31-28)19-32-23-10-3-2-4-11-23/h2-4,7-14,24,28H,5-6,15-21H2,1H3. The van der Waals surface area contributed by atoms with E-state index in [2.05, 4.69) is 12.1 Å². The lowest BCUT2D eigenvalue weighted by Crippen LogP contribution is -2.35. The van der Waals surface area contributed by atoms with E-state index in [1.807, 2.05) is 54.6 Å². The van der Waals surface area contributed by atoms with Crippen LogP contribution in [0.2, 0.25) is 0 Å². The average molecular weight is 499 g/mol. The Balaban J connectivity index is 1.38. The lowest BCUT2D eigenvalue weighted by atomic mass is 10.0. The topological polar surface area (TPSA) is 63.2 Å². The van der Waals surface area contributed by atoms with E-state index < -0.39 is 10.8 Å². The first-order chi connectivity index (χ1) is 17.2. The van der Waals surface area contributed by atoms with Crippen LogP contribution in [0, 0.1) is 0 Å². The summed E-state index contributed by atoms with van der Waals surface area (Å²) in [7, 11) is 0.528. The number of rotatable bonds is 13. The molecule has 3 atom stereocenters. The third-order valence-corrected chi connectivity index (χ3v) is 7.34. The van der Waals surface area contributed by atoms with Gasteiger partial charge in [0.2, 0.25) is 0 Å². The van der Waals surface area contributed by atoms with Crippen LogP contribution < -0.4 is 9.47 Å². The second-order valence-corrected chi connectivity index (χ2v) is 10.2. The Morgan fingerprint density at radius 3 is 2.60 bits per heavy atom. The zero-order chi connectivity index (χ0) is 24.3. The summed E-state index contributed by atoms with van der Waals surface area (Å²) in [6, 6.07) is 21.8. The molecular formula is C28H34O6S. The van der Waals surface area contributed by atoms with Crippen molar-refractivity contribution in [2.45, 2.75) is 38.1 Å². The number of benzene rings is 3. The number of fused-ring (bicyclic) bond motifs is 1. The third kappa shape index (κ3) is 7.77. The van der Waals surface area contributed by atoms with Crippen molar-refractivity contribution in [3.05, 3.63) is 72.3 Å². The SMILES string of the molecule is COCOc1cccc2c(CCS(=O)CC(COc3ccccc3)OC3CCCCO3)cccc12. The highest BCUT2D eigenvalue weighted by atomic mass is 32.2. The molecule has 1 aliphatic rings. The summed E-state index contributed by atoms with van der Waals surface area (Å²) in [6.07, 6.45) is 3.13. The van der Waals surface area contributed by atoms with E-state index in [0.717, 1.165) is 47.1 Å². The Kier molecular flexibility index (Phi) is 9.95. The molecule has 3 aromatic carbocycles. The van der Waals surface area contributed by atoms with E-state index in [4.69, 9.17) is 23.7 Å². The molecule has 0 spiro atoms. The number of para-hydroxylation sites is 1. The predicted octanol–water partition coefficient (Wildman–Crippen LogP) is 5.10. The summed E-state index contributed by atoms with van der Waals surface area (Å²) in [6.45, 7) is 1.24. The van der Waals surface area contributed by atoms with Gasteiger partial charge in [-0.1, -0.05) is 48.5 Å². The summed E-state index contributed by atoms with van der Waals surface area (Å²) in [5.74, 6) is 2.50. The van der Waals surface area contributed by atoms with Gasteiger partial charge in [0, 0.05) is 35.7 Å². The molecule has 0 N–H and O–H groups in total. The predicted molar refractivity (Wildman–Crippen MR) is 138 cm³/mol. The van der Waals surface area contributed by atoms with Gasteiger partial charge in [0.1, 0.15) is 24.2 Å². The van der Waals surface area contributed by atoms with Gasteiger partial charge in [-0.3, -0.25) is 4.21 Å². The third-order valence-electron chi connectivity index (χ3n) is 5.94. The molecule has 1 saturated heterocycles. The normalized spacial score (nSPS) is 17.7. The van der Waals surface area contributed by atoms with Crippen molar-refractivity contribution >= 4 is 21.6 Å². The fourth-order valence-electron chi connectivity index (χ4n) is 4.19. The van der Waals surface area contributed by atoms with Crippen molar-refractivity contribution in [1.82, 2.24) is 0 Å². The zero-order valence-electron chi connectivity index (χ0n) is 20.2. The summed E-state index contributed by atoms with van der Waals surface area (Å²) in [5, 5.41) is 2.13. The van der Waals surface area contributed by atoms with Crippen molar-refractivity contribution in [2.24, 2.45) is 0 Å². The van der Waals surface area contributed by atoms with Crippen molar-refractivity contribution in [3.63, 3.8) is 0 Å². The summed E-state index contributed by atoms with van der Waals surface area (Å²) >= 11 is 0. The first kappa shape index (κ1) is 25.6. The fraction of sp³-hybridized carbons (Fsp3) is 0.429. The Morgan fingerprint density at radius 1 is 0.971 bits per heavy atom. The van der Waals surface area contributed by atoms with Crippen LogP contribution in [0.3, 0.4) is 0 Å². The molecule has 0 aliphatic carbocycles. The summed E-state index contributed by atoms with van der Waals surface area (Å²) in [4.78, 5) is 0. The molecule has 0 radical (unpaired) electrons. The van der Waals surface area contributed by atoms with Crippen LogP contribution in [0.1, 0.15) is 24.8 Å². The van der Waals surface area contributed by atoms with E-state index in [-0.39, 0.29) is 19.2 Å². The Labute approximate surface area is 209 Å². The molecule has 3 aromatic rings. The van der Waals surface area contributed by atoms with Crippen molar-refractivity contribution < 1.29 is 27.9 Å². The van der Waals surface area contributed by atoms with Gasteiger partial charge in [-0.25, -0.2) is 0 Å². The second-order valence-electron chi connectivity index (χ2n) is 8.56. The van der Waals surface area contributed by atoms with Gasteiger partial charge in [0.15, 0.2) is 13.1 Å². The van der Waals surface area contributed by atoms with Crippen LogP contribution >= 0.6 is 0 Å². The van der Waals surface area contributed by atoms with Gasteiger partial charge in [0.25, 0.3) is 0 Å². The highest BCUT2D eigenvalue weighted by Crippen LogP contribution is 2.28. The van der Waals surface area contributed by atoms with Crippen molar-refractivity contribution in [1.29, 1.82) is 0 Å². The minimum atomic E-state index is -1.08. The maximum Gasteiger partial charge on any atom is 0.188 e. The number of methoxy groups -OCH3 is 1. The zero-order valence-corrected chi connectivity index (χ0v) is 21.0. The van der Waals surface area contributed by atoms with Crippen LogP contribution in [0.4, 0.5) is 0 Å². The molecule has 188 valence electrons. The van der Waals surface area contributed by atoms with Gasteiger partial charge in [-0.05, 0) is 54.8 Å². The molecule has 3 unspecified atom stereocenters. The molecule has 1 aliphatic heterocycles. The molecule has 6 nitrogen and oxygen atoms in total. The fourth-order valence-corrected chi connectivity index (χ4v) is 5.40. The minimum Gasteiger partial charge on any atom is -0.491 e. The molecule has 7 heteroatoms. The van der Waals surface area contributed by atoms with E-state index in [9.17, 15) is 4.21 Å². The highest BCUT2D eigenvalue weighted by molar-refractivity contribution is 7.85. The molecule has 1 fully saturated rings. The largest absolute Gasteiger partial charge is 0.491 e. The van der Waals surface area contributed by atoms with Gasteiger partial charge >= 0.3 is 0 Å². The van der Waals surface area contributed by atoms with E-state index in [1.54, 1.807) is 7.11 Å². The molecule has 0 amide bonds. The van der Waals surface area contributed by atoms with E-state index in [1.165, 1.54) is 0 Å². The lowest BCUT2D eigenvalue weighted by molar-refractivity contribution is -0.188. The van der Waals surface area contributed by atoms with Gasteiger partial charge in [-0.2, -0.15) is 0 Å². The van der Waals surface area contributed by atoms with Crippen molar-refractivity contribution in [3.8, 4) is 11.5 Å². The molecule has 35 heavy (non-hydrogen) atoms. The van der Waals surface area contributed by atoms with E-state index >= 15 is 0 Å². The van der Waals surface area contributed by atoms with Gasteiger partial charge in [0.05, 0.1) is 5.75 Å². The Morgan fingerprint density at radius 2 is 1.80 bits per heavy atom. The first-order valence-electron chi connectivity index (χ1n) is 12.1. The Bertz CT molecular complexity index is 1070. The van der Waals surface area contributed by atoms with Crippen LogP contribution in [-0.4, -0.2) is 55.2 Å². The molecule has 0 saturated carbocycles. The van der Waals surface area contributed by atoms with Crippen LogP contribution in [0.25, 0.3) is 10.8 Å². The van der Waals surface area contributed by atoms with Gasteiger partial charge < -0.3 is 23.7 Å². The molecule has 0 aromatic heterocycles. The molecule has 1 heterocycles. The number of ether oxygens (including phenoxy) is 5. The monoisotopic (exact) mass is 498 g/mol.